The van der Waals surface area contributed by atoms with Gasteiger partial charge in [-0.15, -0.1) is 0 Å². The number of hydrogen-bond acceptors (Lipinski definition) is 4. The molecule has 1 heterocycles. The molecule has 24 heavy (non-hydrogen) atoms. The fourth-order valence-corrected chi connectivity index (χ4v) is 4.55. The monoisotopic (exact) mass is 345 g/mol. The van der Waals surface area contributed by atoms with Crippen LogP contribution in [0.4, 0.5) is 0 Å². The molecule has 6 heteroatoms. The minimum Gasteiger partial charge on any atom is -0.507 e. The topological polar surface area (TPSA) is 83.5 Å². The summed E-state index contributed by atoms with van der Waals surface area (Å²) in [7, 11) is -3.06. The summed E-state index contributed by atoms with van der Waals surface area (Å²) in [4.78, 5) is 12.4. The summed E-state index contributed by atoms with van der Waals surface area (Å²) in [6.07, 6.45) is 1.07. The zero-order valence-corrected chi connectivity index (χ0v) is 13.9. The molecule has 0 radical (unpaired) electrons. The maximum absolute atomic E-state index is 12.4. The Bertz CT molecular complexity index is 847. The molecule has 1 saturated heterocycles. The van der Waals surface area contributed by atoms with Crippen molar-refractivity contribution in [2.45, 2.75) is 18.9 Å². The number of hydrogen-bond donors (Lipinski definition) is 2. The molecule has 2 N–H and O–H groups in total. The molecule has 2 aromatic rings. The predicted octanol–water partition coefficient (Wildman–Crippen LogP) is 1.90. The van der Waals surface area contributed by atoms with Crippen LogP contribution in [0.3, 0.4) is 0 Å². The molecule has 2 aromatic carbocycles. The van der Waals surface area contributed by atoms with E-state index in [1.165, 1.54) is 6.07 Å². The van der Waals surface area contributed by atoms with Gasteiger partial charge in [0.2, 0.25) is 0 Å². The van der Waals surface area contributed by atoms with Gasteiger partial charge in [0.1, 0.15) is 5.75 Å². The number of phenolic OH excluding ortho intramolecular Hbond substituents is 1. The van der Waals surface area contributed by atoms with Gasteiger partial charge in [0.15, 0.2) is 9.84 Å². The summed E-state index contributed by atoms with van der Waals surface area (Å²) in [5.41, 5.74) is 2.19. The van der Waals surface area contributed by atoms with E-state index in [2.05, 4.69) is 5.32 Å². The minimum atomic E-state index is -3.06. The van der Waals surface area contributed by atoms with Crippen LogP contribution >= 0.6 is 0 Å². The van der Waals surface area contributed by atoms with E-state index < -0.39 is 15.7 Å². The zero-order chi connectivity index (χ0) is 17.2. The van der Waals surface area contributed by atoms with E-state index in [4.69, 9.17) is 0 Å². The minimum absolute atomic E-state index is 0.0385. The second-order valence-corrected chi connectivity index (χ2v) is 8.32. The van der Waals surface area contributed by atoms with Gasteiger partial charge in [-0.2, -0.15) is 0 Å². The Labute approximate surface area is 141 Å². The highest BCUT2D eigenvalue weighted by Gasteiger charge is 2.29. The highest BCUT2D eigenvalue weighted by atomic mass is 32.2. The first kappa shape index (κ1) is 16.5. The van der Waals surface area contributed by atoms with E-state index in [9.17, 15) is 18.3 Å². The Morgan fingerprint density at radius 3 is 2.54 bits per heavy atom. The lowest BCUT2D eigenvalue weighted by atomic mass is 10.0. The molecular formula is C18H19NO4S. The number of sulfone groups is 1. The van der Waals surface area contributed by atoms with Crippen molar-refractivity contribution in [2.75, 3.05) is 11.5 Å². The fourth-order valence-electron chi connectivity index (χ4n) is 2.88. The number of rotatable bonds is 4. The van der Waals surface area contributed by atoms with Crippen molar-refractivity contribution in [3.05, 3.63) is 65.2 Å². The molecule has 0 spiro atoms. The van der Waals surface area contributed by atoms with Crippen LogP contribution in [0, 0.1) is 0 Å². The molecule has 0 saturated carbocycles. The smallest absolute Gasteiger partial charge is 0.255 e. The molecule has 1 aliphatic heterocycles. The lowest BCUT2D eigenvalue weighted by Gasteiger charge is -2.13. The van der Waals surface area contributed by atoms with E-state index in [-0.39, 0.29) is 28.9 Å². The third-order valence-corrected chi connectivity index (χ3v) is 5.89. The van der Waals surface area contributed by atoms with Crippen LogP contribution < -0.4 is 5.32 Å². The molecule has 0 aromatic heterocycles. The highest BCUT2D eigenvalue weighted by Crippen LogP contribution is 2.21. The van der Waals surface area contributed by atoms with Gasteiger partial charge in [0.25, 0.3) is 5.91 Å². The highest BCUT2D eigenvalue weighted by molar-refractivity contribution is 7.91. The molecule has 0 bridgehead atoms. The van der Waals surface area contributed by atoms with E-state index in [0.717, 1.165) is 11.1 Å². The Kier molecular flexibility index (Phi) is 4.57. The third kappa shape index (κ3) is 3.94. The van der Waals surface area contributed by atoms with Crippen molar-refractivity contribution in [2.24, 2.45) is 0 Å². The van der Waals surface area contributed by atoms with Crippen molar-refractivity contribution in [3.8, 4) is 5.75 Å². The lowest BCUT2D eigenvalue weighted by Crippen LogP contribution is -2.35. The molecule has 1 atom stereocenters. The standard InChI is InChI=1S/C18H19NO4S/c20-17-7-6-14(10-13-4-2-1-3-5-13)11-16(17)18(21)19-15-8-9-24(22,23)12-15/h1-7,11,15,20H,8-10,12H2,(H,19,21)/t15-/m0/s1. The molecule has 1 aliphatic rings. The summed E-state index contributed by atoms with van der Waals surface area (Å²) >= 11 is 0. The molecule has 0 unspecified atom stereocenters. The summed E-state index contributed by atoms with van der Waals surface area (Å²) in [6, 6.07) is 14.4. The van der Waals surface area contributed by atoms with Crippen molar-refractivity contribution in [1.82, 2.24) is 5.32 Å². The van der Waals surface area contributed by atoms with Crippen LogP contribution in [-0.4, -0.2) is 37.0 Å². The van der Waals surface area contributed by atoms with Crippen molar-refractivity contribution < 1.29 is 18.3 Å². The second kappa shape index (κ2) is 6.65. The van der Waals surface area contributed by atoms with Gasteiger partial charge in [0, 0.05) is 6.04 Å². The van der Waals surface area contributed by atoms with Crippen molar-refractivity contribution >= 4 is 15.7 Å². The molecule has 0 aliphatic carbocycles. The first-order valence-electron chi connectivity index (χ1n) is 7.80. The van der Waals surface area contributed by atoms with Crippen LogP contribution in [0.2, 0.25) is 0 Å². The number of amides is 1. The molecule has 126 valence electrons. The normalized spacial score (nSPS) is 19.1. The van der Waals surface area contributed by atoms with Gasteiger partial charge in [-0.3, -0.25) is 4.79 Å². The van der Waals surface area contributed by atoms with Gasteiger partial charge < -0.3 is 10.4 Å². The number of benzene rings is 2. The van der Waals surface area contributed by atoms with Crippen molar-refractivity contribution in [1.29, 1.82) is 0 Å². The molecule has 1 amide bonds. The lowest BCUT2D eigenvalue weighted by molar-refractivity contribution is 0.0938. The largest absolute Gasteiger partial charge is 0.507 e. The quantitative estimate of drug-likeness (QED) is 0.886. The van der Waals surface area contributed by atoms with E-state index >= 15 is 0 Å². The van der Waals surface area contributed by atoms with Crippen molar-refractivity contribution in [3.63, 3.8) is 0 Å². The van der Waals surface area contributed by atoms with Gasteiger partial charge in [-0.05, 0) is 36.1 Å². The second-order valence-electron chi connectivity index (χ2n) is 6.09. The SMILES string of the molecule is O=C(N[C@H]1CCS(=O)(=O)C1)c1cc(Cc2ccccc2)ccc1O. The molecule has 1 fully saturated rings. The molecule has 3 rings (SSSR count). The van der Waals surface area contributed by atoms with E-state index in [1.54, 1.807) is 12.1 Å². The predicted molar refractivity (Wildman–Crippen MR) is 91.9 cm³/mol. The van der Waals surface area contributed by atoms with Crippen LogP contribution in [0.15, 0.2) is 48.5 Å². The van der Waals surface area contributed by atoms with Crippen LogP contribution in [-0.2, 0) is 16.3 Å². The average molecular weight is 345 g/mol. The van der Waals surface area contributed by atoms with E-state index in [1.807, 2.05) is 30.3 Å². The summed E-state index contributed by atoms with van der Waals surface area (Å²) in [5.74, 6) is -0.490. The Balaban J connectivity index is 1.75. The first-order valence-corrected chi connectivity index (χ1v) is 9.62. The van der Waals surface area contributed by atoms with Gasteiger partial charge in [-0.25, -0.2) is 8.42 Å². The van der Waals surface area contributed by atoms with Crippen LogP contribution in [0.25, 0.3) is 0 Å². The first-order chi connectivity index (χ1) is 11.4. The summed E-state index contributed by atoms with van der Waals surface area (Å²) < 4.78 is 23.0. The average Bonchev–Trinajstić information content (AvgIpc) is 2.89. The van der Waals surface area contributed by atoms with Gasteiger partial charge in [0.05, 0.1) is 17.1 Å². The number of aromatic hydroxyl groups is 1. The van der Waals surface area contributed by atoms with Crippen LogP contribution in [0.5, 0.6) is 5.75 Å². The maximum Gasteiger partial charge on any atom is 0.255 e. The molecular weight excluding hydrogens is 326 g/mol. The number of phenols is 1. The number of nitrogens with one attached hydrogen (secondary N) is 1. The zero-order valence-electron chi connectivity index (χ0n) is 13.1. The molecule has 5 nitrogen and oxygen atoms in total. The number of carbonyl (C=O) groups excluding carboxylic acids is 1. The van der Waals surface area contributed by atoms with E-state index in [0.29, 0.717) is 12.8 Å². The Morgan fingerprint density at radius 1 is 1.12 bits per heavy atom. The van der Waals surface area contributed by atoms with Gasteiger partial charge in [-0.1, -0.05) is 36.4 Å². The third-order valence-electron chi connectivity index (χ3n) is 4.12. The summed E-state index contributed by atoms with van der Waals surface area (Å²) in [6.45, 7) is 0. The van der Waals surface area contributed by atoms with Crippen LogP contribution in [0.1, 0.15) is 27.9 Å². The maximum atomic E-state index is 12.4. The Hall–Kier alpha value is -2.34. The van der Waals surface area contributed by atoms with Gasteiger partial charge >= 0.3 is 0 Å². The number of carbonyl (C=O) groups is 1. The Morgan fingerprint density at radius 2 is 1.88 bits per heavy atom. The summed E-state index contributed by atoms with van der Waals surface area (Å²) in [5, 5.41) is 12.7. The fraction of sp³-hybridized carbons (Fsp3) is 0.278.